The van der Waals surface area contributed by atoms with Crippen molar-refractivity contribution in [3.05, 3.63) is 41.9 Å². The molecule has 1 saturated heterocycles. The van der Waals surface area contributed by atoms with Gasteiger partial charge >= 0.3 is 0 Å². The second-order valence-electron chi connectivity index (χ2n) is 13.1. The lowest BCUT2D eigenvalue weighted by Crippen LogP contribution is -2.58. The number of aryl methyl sites for hydroxylation is 1. The van der Waals surface area contributed by atoms with Gasteiger partial charge in [0.1, 0.15) is 29.2 Å². The van der Waals surface area contributed by atoms with Crippen molar-refractivity contribution in [2.45, 2.75) is 100 Å². The molecule has 3 amide bonds. The van der Waals surface area contributed by atoms with Gasteiger partial charge in [0.25, 0.3) is 5.91 Å². The molecule has 6 rings (SSSR count). The van der Waals surface area contributed by atoms with Crippen LogP contribution in [-0.4, -0.2) is 76.0 Å². The van der Waals surface area contributed by atoms with Crippen molar-refractivity contribution in [3.63, 3.8) is 0 Å². The monoisotopic (exact) mass is 642 g/mol. The van der Waals surface area contributed by atoms with Crippen LogP contribution in [0.1, 0.15) is 70.4 Å². The highest BCUT2D eigenvalue weighted by atomic mass is 32.2. The van der Waals surface area contributed by atoms with Gasteiger partial charge in [-0.2, -0.15) is 0 Å². The zero-order valence-corrected chi connectivity index (χ0v) is 26.2. The number of benzene rings is 1. The third-order valence-electron chi connectivity index (χ3n) is 9.55. The van der Waals surface area contributed by atoms with E-state index in [1.807, 2.05) is 12.2 Å². The molecule has 4 N–H and O–H groups in total. The van der Waals surface area contributed by atoms with Gasteiger partial charge in [-0.1, -0.05) is 25.0 Å². The molecule has 12 nitrogen and oxygen atoms in total. The zero-order chi connectivity index (χ0) is 32.1. The number of nitrogens with two attached hydrogens (primary N) is 1. The average molecular weight is 643 g/mol. The summed E-state index contributed by atoms with van der Waals surface area (Å²) in [5, 5.41) is 2.84. The van der Waals surface area contributed by atoms with Crippen LogP contribution in [0.25, 0.3) is 11.0 Å². The van der Waals surface area contributed by atoms with Crippen molar-refractivity contribution < 1.29 is 31.9 Å². The molecule has 2 aliphatic heterocycles. The molecule has 4 aliphatic rings. The Hall–Kier alpha value is -3.65. The molecule has 45 heavy (non-hydrogen) atoms. The van der Waals surface area contributed by atoms with Crippen molar-refractivity contribution in [1.29, 1.82) is 0 Å². The molecule has 0 radical (unpaired) electrons. The number of carbonyl (C=O) groups excluding carboxylic acids is 3. The topological polar surface area (TPSA) is 174 Å². The Bertz CT molecular complexity index is 1680. The molecule has 0 spiro atoms. The molecule has 3 fully saturated rings. The molecule has 2 aliphatic carbocycles. The first kappa shape index (κ1) is 31.3. The predicted molar refractivity (Wildman–Crippen MR) is 163 cm³/mol. The van der Waals surface area contributed by atoms with Crippen LogP contribution in [0.3, 0.4) is 0 Å². The van der Waals surface area contributed by atoms with Crippen molar-refractivity contribution in [2.24, 2.45) is 11.7 Å². The highest BCUT2D eigenvalue weighted by Gasteiger charge is 2.63. The summed E-state index contributed by atoms with van der Waals surface area (Å²) in [6, 6.07) is 2.20. The fourth-order valence-corrected chi connectivity index (χ4v) is 7.52. The lowest BCUT2D eigenvalue weighted by Gasteiger charge is -2.28. The summed E-state index contributed by atoms with van der Waals surface area (Å²) in [4.78, 5) is 51.4. The summed E-state index contributed by atoms with van der Waals surface area (Å²) in [6.45, 7) is 3.32. The van der Waals surface area contributed by atoms with E-state index in [1.54, 1.807) is 13.8 Å². The number of nitrogens with one attached hydrogen (secondary N) is 2. The van der Waals surface area contributed by atoms with E-state index in [9.17, 15) is 27.2 Å². The number of aromatic nitrogens is 2. The summed E-state index contributed by atoms with van der Waals surface area (Å²) >= 11 is 0. The van der Waals surface area contributed by atoms with Gasteiger partial charge in [-0.3, -0.25) is 19.1 Å². The highest BCUT2D eigenvalue weighted by molar-refractivity contribution is 7.91. The molecule has 14 heteroatoms. The third kappa shape index (κ3) is 6.14. The van der Waals surface area contributed by atoms with Gasteiger partial charge in [0, 0.05) is 18.4 Å². The Labute approximate surface area is 261 Å². The van der Waals surface area contributed by atoms with Gasteiger partial charge < -0.3 is 20.7 Å². The summed E-state index contributed by atoms with van der Waals surface area (Å²) in [5.41, 5.74) is 6.11. The molecule has 242 valence electrons. The quantitative estimate of drug-likeness (QED) is 0.413. The minimum absolute atomic E-state index is 0.0300. The maximum Gasteiger partial charge on any atom is 0.259 e. The first-order chi connectivity index (χ1) is 21.3. The molecule has 0 bridgehead atoms. The van der Waals surface area contributed by atoms with E-state index in [4.69, 9.17) is 10.5 Å². The standard InChI is InChI=1S/C31H39FN6O6S/c1-18-27(35-24-14-20(32)10-11-23(24)34-18)44-21-15-25-26(39)36-31(29(41)37-45(42,43)30(2)12-13-30)16-19(31)8-6-4-3-5-7-9-22(33)28(40)38(25)17-21/h6,8,10-11,14,19,21-22,25H,3-5,7,9,12-13,15-17,33H2,1-2H3,(H,36,39)(H,37,41)/b8-6-/t19-,21-,22+,25+,31-/m1/s1. The minimum atomic E-state index is -3.94. The zero-order valence-electron chi connectivity index (χ0n) is 25.4. The van der Waals surface area contributed by atoms with Crippen LogP contribution in [0.2, 0.25) is 0 Å². The van der Waals surface area contributed by atoms with Crippen LogP contribution in [0.15, 0.2) is 30.4 Å². The van der Waals surface area contributed by atoms with E-state index in [0.717, 1.165) is 25.7 Å². The number of sulfonamides is 1. The van der Waals surface area contributed by atoms with E-state index < -0.39 is 68.0 Å². The molecule has 3 heterocycles. The largest absolute Gasteiger partial charge is 0.471 e. The Morgan fingerprint density at radius 1 is 1.18 bits per heavy atom. The third-order valence-corrected chi connectivity index (χ3v) is 11.7. The Balaban J connectivity index is 1.27. The Kier molecular flexibility index (Phi) is 8.09. The molecule has 5 atom stereocenters. The molecule has 0 unspecified atom stereocenters. The Morgan fingerprint density at radius 2 is 1.96 bits per heavy atom. The second kappa shape index (κ2) is 11.6. The van der Waals surface area contributed by atoms with Crippen LogP contribution >= 0.6 is 0 Å². The Morgan fingerprint density at radius 3 is 2.71 bits per heavy atom. The van der Waals surface area contributed by atoms with E-state index in [2.05, 4.69) is 20.0 Å². The van der Waals surface area contributed by atoms with Crippen LogP contribution in [-0.2, 0) is 24.4 Å². The molecule has 2 aromatic rings. The summed E-state index contributed by atoms with van der Waals surface area (Å²) < 4.78 is 47.1. The number of allylic oxidation sites excluding steroid dienone is 1. The molecular weight excluding hydrogens is 603 g/mol. The van der Waals surface area contributed by atoms with E-state index in [1.165, 1.54) is 23.1 Å². The number of amides is 3. The number of nitrogens with zero attached hydrogens (tertiary/aromatic N) is 3. The number of fused-ring (bicyclic) bond motifs is 3. The fraction of sp³-hybridized carbons (Fsp3) is 0.581. The summed E-state index contributed by atoms with van der Waals surface area (Å²) in [5.74, 6) is -2.50. The van der Waals surface area contributed by atoms with E-state index in [-0.39, 0.29) is 25.3 Å². The van der Waals surface area contributed by atoms with Gasteiger partial charge in [0.05, 0.1) is 28.4 Å². The molecule has 2 saturated carbocycles. The summed E-state index contributed by atoms with van der Waals surface area (Å²) in [7, 11) is -3.94. The highest BCUT2D eigenvalue weighted by Crippen LogP contribution is 2.47. The van der Waals surface area contributed by atoms with Crippen LogP contribution < -0.4 is 20.5 Å². The lowest BCUT2D eigenvalue weighted by atomic mass is 10.1. The number of hydrogen-bond acceptors (Lipinski definition) is 9. The number of carbonyl (C=O) groups is 3. The van der Waals surface area contributed by atoms with Crippen LogP contribution in [0, 0.1) is 18.7 Å². The van der Waals surface area contributed by atoms with Crippen LogP contribution in [0.5, 0.6) is 5.88 Å². The minimum Gasteiger partial charge on any atom is -0.471 e. The normalized spacial score (nSPS) is 30.7. The van der Waals surface area contributed by atoms with E-state index in [0.29, 0.717) is 36.0 Å². The van der Waals surface area contributed by atoms with E-state index >= 15 is 0 Å². The SMILES string of the molecule is Cc1nc2ccc(F)cc2nc1O[C@@H]1C[C@H]2C(=O)N[C@]3(C(=O)NS(=O)(=O)C4(C)CC4)C[C@H]3/C=C\CCCCC[C@H](N)C(=O)N2C1. The molecule has 1 aromatic carbocycles. The van der Waals surface area contributed by atoms with Crippen molar-refractivity contribution in [3.8, 4) is 5.88 Å². The first-order valence-electron chi connectivity index (χ1n) is 15.5. The number of ether oxygens (including phenoxy) is 1. The van der Waals surface area contributed by atoms with Crippen molar-refractivity contribution in [2.75, 3.05) is 6.54 Å². The van der Waals surface area contributed by atoms with Crippen molar-refractivity contribution in [1.82, 2.24) is 24.9 Å². The van der Waals surface area contributed by atoms with Crippen LogP contribution in [0.4, 0.5) is 4.39 Å². The maximum atomic E-state index is 14.0. The fourth-order valence-electron chi connectivity index (χ4n) is 6.21. The smallest absolute Gasteiger partial charge is 0.259 e. The van der Waals surface area contributed by atoms with Gasteiger partial charge in [0.15, 0.2) is 0 Å². The number of halogens is 1. The number of rotatable bonds is 5. The second-order valence-corrected chi connectivity index (χ2v) is 15.3. The average Bonchev–Trinajstić information content (AvgIpc) is 3.86. The number of hydrogen-bond donors (Lipinski definition) is 3. The van der Waals surface area contributed by atoms with Gasteiger partial charge in [-0.15, -0.1) is 0 Å². The molecular formula is C31H39FN6O6S. The summed E-state index contributed by atoms with van der Waals surface area (Å²) in [6.07, 6.45) is 8.00. The van der Waals surface area contributed by atoms with Gasteiger partial charge in [0.2, 0.25) is 27.7 Å². The maximum absolute atomic E-state index is 14.0. The lowest BCUT2D eigenvalue weighted by molar-refractivity contribution is -0.140. The van der Waals surface area contributed by atoms with Gasteiger partial charge in [-0.05, 0) is 64.5 Å². The van der Waals surface area contributed by atoms with Gasteiger partial charge in [-0.25, -0.2) is 22.8 Å². The predicted octanol–water partition coefficient (Wildman–Crippen LogP) is 2.15. The first-order valence-corrected chi connectivity index (χ1v) is 17.0. The molecule has 1 aromatic heterocycles. The van der Waals surface area contributed by atoms with Crippen molar-refractivity contribution >= 4 is 38.8 Å².